The van der Waals surface area contributed by atoms with Crippen LogP contribution in [0.25, 0.3) is 17.1 Å². The van der Waals surface area contributed by atoms with Gasteiger partial charge in [-0.25, -0.2) is 19.6 Å². The molecule has 0 atom stereocenters. The van der Waals surface area contributed by atoms with Gasteiger partial charge in [0.05, 0.1) is 17.2 Å². The number of halogens is 4. The molecule has 0 aliphatic rings. The average molecular weight is 396 g/mol. The van der Waals surface area contributed by atoms with Crippen LogP contribution >= 0.6 is 0 Å². The lowest BCUT2D eigenvalue weighted by Gasteiger charge is -2.26. The van der Waals surface area contributed by atoms with Gasteiger partial charge in [0.2, 0.25) is 11.8 Å². The molecule has 0 saturated carbocycles. The number of rotatable bonds is 5. The minimum Gasteiger partial charge on any atom is -0.476 e. The van der Waals surface area contributed by atoms with Crippen molar-refractivity contribution in [2.45, 2.75) is 20.0 Å². The number of alkyl halides is 3. The zero-order valence-corrected chi connectivity index (χ0v) is 14.9. The fraction of sp³-hybridized carbons (Fsp3) is 0.294. The number of pyridine rings is 1. The van der Waals surface area contributed by atoms with E-state index in [0.29, 0.717) is 0 Å². The highest BCUT2D eigenvalue weighted by molar-refractivity contribution is 5.67. The van der Waals surface area contributed by atoms with Gasteiger partial charge >= 0.3 is 6.18 Å². The van der Waals surface area contributed by atoms with Crippen molar-refractivity contribution < 1.29 is 22.3 Å². The average Bonchev–Trinajstić information content (AvgIpc) is 3.08. The number of nitrogen functional groups attached to an aromatic ring is 1. The Hall–Kier alpha value is -3.24. The van der Waals surface area contributed by atoms with E-state index in [0.717, 1.165) is 13.8 Å². The third kappa shape index (κ3) is 3.87. The molecular weight excluding hydrogens is 380 g/mol. The van der Waals surface area contributed by atoms with Crippen molar-refractivity contribution >= 4 is 5.82 Å². The van der Waals surface area contributed by atoms with Gasteiger partial charge in [-0.1, -0.05) is 0 Å². The van der Waals surface area contributed by atoms with Crippen LogP contribution in [-0.2, 0) is 0 Å². The van der Waals surface area contributed by atoms with Gasteiger partial charge in [-0.05, 0) is 26.0 Å². The first-order valence-corrected chi connectivity index (χ1v) is 8.07. The molecular formula is C17H16F4N6O. The summed E-state index contributed by atoms with van der Waals surface area (Å²) in [7, 11) is 0. The van der Waals surface area contributed by atoms with E-state index >= 15 is 0 Å². The fourth-order valence-electron chi connectivity index (χ4n) is 2.15. The van der Waals surface area contributed by atoms with Crippen LogP contribution in [0.1, 0.15) is 13.8 Å². The molecule has 11 heteroatoms. The summed E-state index contributed by atoms with van der Waals surface area (Å²) >= 11 is 0. The fourth-order valence-corrected chi connectivity index (χ4v) is 2.15. The van der Waals surface area contributed by atoms with Gasteiger partial charge in [-0.2, -0.15) is 17.6 Å². The van der Waals surface area contributed by atoms with Crippen LogP contribution in [0.4, 0.5) is 23.4 Å². The van der Waals surface area contributed by atoms with Crippen molar-refractivity contribution in [3.05, 3.63) is 42.7 Å². The number of anilines is 1. The van der Waals surface area contributed by atoms with Crippen LogP contribution in [-0.4, -0.2) is 37.5 Å². The van der Waals surface area contributed by atoms with Crippen molar-refractivity contribution in [1.82, 2.24) is 24.7 Å². The van der Waals surface area contributed by atoms with Crippen LogP contribution < -0.4 is 10.5 Å². The van der Waals surface area contributed by atoms with E-state index in [9.17, 15) is 17.6 Å². The molecule has 0 fully saturated rings. The third-order valence-corrected chi connectivity index (χ3v) is 3.92. The van der Waals surface area contributed by atoms with Crippen LogP contribution in [0.15, 0.2) is 36.8 Å². The zero-order chi connectivity index (χ0) is 20.5. The second-order valence-corrected chi connectivity index (χ2v) is 6.58. The summed E-state index contributed by atoms with van der Waals surface area (Å²) in [6.07, 6.45) is -0.487. The molecule has 0 spiro atoms. The maximum Gasteiger partial charge on any atom is 0.397 e. The molecule has 0 bridgehead atoms. The zero-order valence-electron chi connectivity index (χ0n) is 14.9. The molecule has 3 rings (SSSR count). The van der Waals surface area contributed by atoms with Gasteiger partial charge in [-0.15, -0.1) is 5.10 Å². The minimum atomic E-state index is -4.43. The van der Waals surface area contributed by atoms with Crippen LogP contribution in [0.2, 0.25) is 0 Å². The van der Waals surface area contributed by atoms with Crippen molar-refractivity contribution in [3.63, 3.8) is 0 Å². The maximum absolute atomic E-state index is 14.1. The number of nitrogens with zero attached hydrogens (tertiary/aromatic N) is 5. The van der Waals surface area contributed by atoms with Crippen LogP contribution in [0, 0.1) is 11.4 Å². The Morgan fingerprint density at radius 3 is 2.61 bits per heavy atom. The number of hydrogen-bond donors (Lipinski definition) is 1. The first-order valence-electron chi connectivity index (χ1n) is 8.07. The Balaban J connectivity index is 1.91. The van der Waals surface area contributed by atoms with E-state index in [1.54, 1.807) is 0 Å². The molecule has 148 valence electrons. The summed E-state index contributed by atoms with van der Waals surface area (Å²) in [5.74, 6) is -0.656. The molecule has 0 unspecified atom stereocenters. The van der Waals surface area contributed by atoms with Crippen molar-refractivity contribution in [2.75, 3.05) is 12.3 Å². The summed E-state index contributed by atoms with van der Waals surface area (Å²) < 4.78 is 59.3. The standard InChI is InChI=1S/C17H16F4N6O/c1-16(2,17(19,20)21)9-28-12-5-7-27(26-12)15-13(25-11(22)8-24-15)10-4-3-6-23-14(10)18/h3-8H,9H2,1-2H3,(H2,22,25). The van der Waals surface area contributed by atoms with E-state index in [4.69, 9.17) is 10.5 Å². The lowest BCUT2D eigenvalue weighted by molar-refractivity contribution is -0.219. The van der Waals surface area contributed by atoms with Gasteiger partial charge in [0.25, 0.3) is 0 Å². The molecule has 0 aliphatic heterocycles. The Kier molecular flexibility index (Phi) is 4.92. The molecule has 0 radical (unpaired) electrons. The van der Waals surface area contributed by atoms with Gasteiger partial charge in [-0.3, -0.25) is 0 Å². The van der Waals surface area contributed by atoms with Gasteiger partial charge in [0, 0.05) is 18.5 Å². The van der Waals surface area contributed by atoms with E-state index in [-0.39, 0.29) is 28.8 Å². The summed E-state index contributed by atoms with van der Waals surface area (Å²) in [6, 6.07) is 4.33. The largest absolute Gasteiger partial charge is 0.476 e. The van der Waals surface area contributed by atoms with Gasteiger partial charge in [0.15, 0.2) is 5.82 Å². The summed E-state index contributed by atoms with van der Waals surface area (Å²) in [5.41, 5.74) is 3.73. The van der Waals surface area contributed by atoms with Crippen molar-refractivity contribution in [3.8, 4) is 23.0 Å². The topological polar surface area (TPSA) is 91.7 Å². The molecule has 28 heavy (non-hydrogen) atoms. The van der Waals surface area contributed by atoms with Gasteiger partial charge in [0.1, 0.15) is 18.1 Å². The number of aromatic nitrogens is 5. The highest BCUT2D eigenvalue weighted by atomic mass is 19.4. The summed E-state index contributed by atoms with van der Waals surface area (Å²) in [5, 5.41) is 4.05. The monoisotopic (exact) mass is 396 g/mol. The Morgan fingerprint density at radius 2 is 1.93 bits per heavy atom. The molecule has 0 amide bonds. The third-order valence-electron chi connectivity index (χ3n) is 3.92. The normalized spacial score (nSPS) is 12.2. The molecule has 2 N–H and O–H groups in total. The Labute approximate surface area is 157 Å². The second kappa shape index (κ2) is 7.06. The number of ether oxygens (including phenoxy) is 1. The molecule has 7 nitrogen and oxygen atoms in total. The molecule has 3 aromatic heterocycles. The number of nitrogens with two attached hydrogens (primary N) is 1. The maximum atomic E-state index is 14.1. The first-order chi connectivity index (χ1) is 13.1. The van der Waals surface area contributed by atoms with Crippen molar-refractivity contribution in [1.29, 1.82) is 0 Å². The van der Waals surface area contributed by atoms with Crippen LogP contribution in [0.5, 0.6) is 5.88 Å². The van der Waals surface area contributed by atoms with E-state index in [1.807, 2.05) is 0 Å². The first kappa shape index (κ1) is 19.5. The summed E-state index contributed by atoms with van der Waals surface area (Å²) in [6.45, 7) is 1.43. The van der Waals surface area contributed by atoms with E-state index in [2.05, 4.69) is 20.1 Å². The SMILES string of the molecule is CC(C)(COc1ccn(-c2ncc(N)nc2-c2cccnc2F)n1)C(F)(F)F. The molecule has 0 aliphatic carbocycles. The Bertz CT molecular complexity index is 986. The highest BCUT2D eigenvalue weighted by Crippen LogP contribution is 2.37. The molecule has 3 heterocycles. The van der Waals surface area contributed by atoms with Crippen molar-refractivity contribution in [2.24, 2.45) is 5.41 Å². The summed E-state index contributed by atoms with van der Waals surface area (Å²) in [4.78, 5) is 11.8. The predicted molar refractivity (Wildman–Crippen MR) is 92.1 cm³/mol. The van der Waals surface area contributed by atoms with E-state index in [1.165, 1.54) is 41.5 Å². The lowest BCUT2D eigenvalue weighted by atomic mass is 9.94. The van der Waals surface area contributed by atoms with E-state index < -0.39 is 24.1 Å². The quantitative estimate of drug-likeness (QED) is 0.525. The predicted octanol–water partition coefficient (Wildman–Crippen LogP) is 3.41. The highest BCUT2D eigenvalue weighted by Gasteiger charge is 2.48. The Morgan fingerprint density at radius 1 is 1.18 bits per heavy atom. The van der Waals surface area contributed by atoms with Crippen LogP contribution in [0.3, 0.4) is 0 Å². The molecule has 0 aromatic carbocycles. The molecule has 3 aromatic rings. The molecule has 0 saturated heterocycles. The smallest absolute Gasteiger partial charge is 0.397 e. The van der Waals surface area contributed by atoms with Gasteiger partial charge < -0.3 is 10.5 Å². The lowest BCUT2D eigenvalue weighted by Crippen LogP contribution is -2.37. The minimum absolute atomic E-state index is 0.0476. The number of hydrogen-bond acceptors (Lipinski definition) is 6. The second-order valence-electron chi connectivity index (χ2n) is 6.58.